The highest BCUT2D eigenvalue weighted by Gasteiger charge is 2.31. The third-order valence-electron chi connectivity index (χ3n) is 4.61. The second-order valence-electron chi connectivity index (χ2n) is 6.76. The van der Waals surface area contributed by atoms with Gasteiger partial charge >= 0.3 is 0 Å². The summed E-state index contributed by atoms with van der Waals surface area (Å²) in [6, 6.07) is 2.43. The minimum absolute atomic E-state index is 0.0391. The van der Waals surface area contributed by atoms with E-state index in [9.17, 15) is 23.1 Å². The number of sulfone groups is 1. The van der Waals surface area contributed by atoms with Crippen LogP contribution in [0.25, 0.3) is 0 Å². The van der Waals surface area contributed by atoms with E-state index in [1.165, 1.54) is 12.1 Å². The number of ether oxygens (including phenoxy) is 3. The molecule has 1 fully saturated rings. The number of carbonyl (C=O) groups excluding carboxylic acids is 2. The summed E-state index contributed by atoms with van der Waals surface area (Å²) in [5.74, 6) is -1.70. The minimum Gasteiger partial charge on any atom is -0.511 e. The number of Topliss-reactive ketones (excluding diaryl/α,β-unsaturated/α-hetero) is 2. The molecule has 0 atom stereocenters. The van der Waals surface area contributed by atoms with E-state index in [0.717, 1.165) is 6.26 Å². The maximum atomic E-state index is 12.9. The number of halogens is 1. The molecule has 158 valence electrons. The fourth-order valence-corrected chi connectivity index (χ4v) is 4.37. The van der Waals surface area contributed by atoms with Gasteiger partial charge in [0.1, 0.15) is 16.2 Å². The highest BCUT2D eigenvalue weighted by Crippen LogP contribution is 2.37. The van der Waals surface area contributed by atoms with Crippen molar-refractivity contribution in [1.82, 2.24) is 0 Å². The van der Waals surface area contributed by atoms with Crippen LogP contribution < -0.4 is 4.74 Å². The van der Waals surface area contributed by atoms with E-state index in [1.54, 1.807) is 0 Å². The topological polar surface area (TPSA) is 116 Å². The molecule has 0 radical (unpaired) electrons. The van der Waals surface area contributed by atoms with E-state index < -0.39 is 27.7 Å². The van der Waals surface area contributed by atoms with Gasteiger partial charge in [0.2, 0.25) is 5.78 Å². The summed E-state index contributed by atoms with van der Waals surface area (Å²) >= 11 is 6.34. The number of hydrogen-bond donors (Lipinski definition) is 1. The van der Waals surface area contributed by atoms with Crippen molar-refractivity contribution >= 4 is 33.0 Å². The van der Waals surface area contributed by atoms with Crippen molar-refractivity contribution in [3.63, 3.8) is 0 Å². The number of aliphatic hydroxyl groups is 1. The van der Waals surface area contributed by atoms with E-state index in [0.29, 0.717) is 26.1 Å². The SMILES string of the molecule is CS(=O)(=O)c1ccc(C(=O)C2=C(O)CCCC2=O)c(Cl)c1OCCC1OCCO1. The first kappa shape index (κ1) is 21.8. The summed E-state index contributed by atoms with van der Waals surface area (Å²) in [6.07, 6.45) is 1.70. The summed E-state index contributed by atoms with van der Waals surface area (Å²) < 4.78 is 40.5. The van der Waals surface area contributed by atoms with Crippen molar-refractivity contribution < 1.29 is 37.3 Å². The van der Waals surface area contributed by atoms with E-state index in [1.807, 2.05) is 0 Å². The Morgan fingerprint density at radius 2 is 1.97 bits per heavy atom. The molecule has 1 aromatic carbocycles. The lowest BCUT2D eigenvalue weighted by Crippen LogP contribution is -2.20. The zero-order chi connectivity index (χ0) is 21.2. The van der Waals surface area contributed by atoms with Crippen LogP contribution in [0.1, 0.15) is 36.0 Å². The minimum atomic E-state index is -3.71. The molecule has 1 aliphatic heterocycles. The van der Waals surface area contributed by atoms with Crippen LogP contribution in [0.15, 0.2) is 28.4 Å². The highest BCUT2D eigenvalue weighted by atomic mass is 35.5. The van der Waals surface area contributed by atoms with Crippen LogP contribution in [-0.4, -0.2) is 57.5 Å². The molecule has 0 aromatic heterocycles. The van der Waals surface area contributed by atoms with Crippen LogP contribution in [0, 0.1) is 0 Å². The molecule has 1 saturated heterocycles. The average molecular weight is 445 g/mol. The standard InChI is InChI=1S/C19H21ClO8S/c1-29(24,25)14-6-5-11(18(23)16-12(21)3-2-4-13(16)22)17(20)19(14)28-8-7-15-26-9-10-27-15/h5-6,15,21H,2-4,7-10H2,1H3. The zero-order valence-electron chi connectivity index (χ0n) is 15.8. The number of hydrogen-bond acceptors (Lipinski definition) is 8. The second kappa shape index (κ2) is 8.83. The van der Waals surface area contributed by atoms with E-state index in [4.69, 9.17) is 25.8 Å². The Morgan fingerprint density at radius 1 is 1.28 bits per heavy atom. The predicted octanol–water partition coefficient (Wildman–Crippen LogP) is 2.63. The molecule has 0 unspecified atom stereocenters. The maximum Gasteiger partial charge on any atom is 0.201 e. The summed E-state index contributed by atoms with van der Waals surface area (Å²) in [4.78, 5) is 24.8. The predicted molar refractivity (Wildman–Crippen MR) is 103 cm³/mol. The van der Waals surface area contributed by atoms with Gasteiger partial charge in [-0.25, -0.2) is 8.42 Å². The van der Waals surface area contributed by atoms with E-state index >= 15 is 0 Å². The number of aliphatic hydroxyl groups excluding tert-OH is 1. The van der Waals surface area contributed by atoms with Gasteiger partial charge in [0.05, 0.1) is 24.8 Å². The second-order valence-corrected chi connectivity index (χ2v) is 9.12. The first-order valence-electron chi connectivity index (χ1n) is 9.08. The lowest BCUT2D eigenvalue weighted by molar-refractivity contribution is -0.116. The molecule has 8 nitrogen and oxygen atoms in total. The van der Waals surface area contributed by atoms with Crippen molar-refractivity contribution in [3.05, 3.63) is 34.1 Å². The molecule has 1 aromatic rings. The smallest absolute Gasteiger partial charge is 0.201 e. The molecule has 0 bridgehead atoms. The summed E-state index contributed by atoms with van der Waals surface area (Å²) in [6.45, 7) is 0.977. The van der Waals surface area contributed by atoms with Crippen molar-refractivity contribution in [2.75, 3.05) is 26.1 Å². The average Bonchev–Trinajstić information content (AvgIpc) is 3.15. The third kappa shape index (κ3) is 4.80. The molecular formula is C19H21ClO8S. The lowest BCUT2D eigenvalue weighted by Gasteiger charge is -2.18. The van der Waals surface area contributed by atoms with Crippen molar-refractivity contribution in [1.29, 1.82) is 0 Å². The number of carbonyl (C=O) groups is 2. The molecule has 1 aliphatic carbocycles. The molecule has 0 amide bonds. The van der Waals surface area contributed by atoms with Crippen molar-refractivity contribution in [2.24, 2.45) is 0 Å². The molecular weight excluding hydrogens is 424 g/mol. The van der Waals surface area contributed by atoms with Gasteiger partial charge in [-0.15, -0.1) is 0 Å². The molecule has 29 heavy (non-hydrogen) atoms. The lowest BCUT2D eigenvalue weighted by atomic mass is 9.90. The fourth-order valence-electron chi connectivity index (χ4n) is 3.19. The first-order valence-corrected chi connectivity index (χ1v) is 11.4. The zero-order valence-corrected chi connectivity index (χ0v) is 17.3. The Morgan fingerprint density at radius 3 is 2.59 bits per heavy atom. The van der Waals surface area contributed by atoms with Crippen LogP contribution in [0.5, 0.6) is 5.75 Å². The van der Waals surface area contributed by atoms with Crippen molar-refractivity contribution in [3.8, 4) is 5.75 Å². The summed E-state index contributed by atoms with van der Waals surface area (Å²) in [5.41, 5.74) is -0.428. The Labute approximate surface area is 173 Å². The molecule has 10 heteroatoms. The van der Waals surface area contributed by atoms with Crippen LogP contribution in [0.4, 0.5) is 0 Å². The normalized spacial score (nSPS) is 18.3. The highest BCUT2D eigenvalue weighted by molar-refractivity contribution is 7.90. The van der Waals surface area contributed by atoms with Gasteiger partial charge in [-0.05, 0) is 18.6 Å². The Kier molecular flexibility index (Phi) is 6.62. The van der Waals surface area contributed by atoms with Gasteiger partial charge in [-0.1, -0.05) is 11.6 Å². The van der Waals surface area contributed by atoms with Gasteiger partial charge in [0, 0.05) is 31.1 Å². The van der Waals surface area contributed by atoms with Gasteiger partial charge in [-0.2, -0.15) is 0 Å². The molecule has 3 rings (SSSR count). The van der Waals surface area contributed by atoms with Crippen molar-refractivity contribution in [2.45, 2.75) is 36.9 Å². The summed E-state index contributed by atoms with van der Waals surface area (Å²) in [5, 5.41) is 9.79. The molecule has 0 spiro atoms. The molecule has 0 saturated carbocycles. The third-order valence-corrected chi connectivity index (χ3v) is 6.10. The van der Waals surface area contributed by atoms with Crippen LogP contribution in [0.2, 0.25) is 5.02 Å². The molecule has 1 N–H and O–H groups in total. The van der Waals surface area contributed by atoms with E-state index in [-0.39, 0.29) is 52.0 Å². The fraction of sp³-hybridized carbons (Fsp3) is 0.474. The number of benzene rings is 1. The molecule has 2 aliphatic rings. The first-order chi connectivity index (χ1) is 13.7. The number of rotatable bonds is 7. The Bertz CT molecular complexity index is 961. The van der Waals surface area contributed by atoms with Gasteiger partial charge in [0.15, 0.2) is 27.7 Å². The van der Waals surface area contributed by atoms with Crippen LogP contribution in [-0.2, 0) is 24.1 Å². The Balaban J connectivity index is 1.94. The van der Waals surface area contributed by atoms with Gasteiger partial charge in [0.25, 0.3) is 0 Å². The van der Waals surface area contributed by atoms with E-state index in [2.05, 4.69) is 0 Å². The monoisotopic (exact) mass is 444 g/mol. The quantitative estimate of drug-likeness (QED) is 0.504. The van der Waals surface area contributed by atoms with Gasteiger partial charge in [-0.3, -0.25) is 9.59 Å². The number of allylic oxidation sites excluding steroid dienone is 2. The van der Waals surface area contributed by atoms with Crippen LogP contribution in [0.3, 0.4) is 0 Å². The number of ketones is 2. The van der Waals surface area contributed by atoms with Crippen LogP contribution >= 0.6 is 11.6 Å². The maximum absolute atomic E-state index is 12.9. The Hall–Kier alpha value is -1.94. The largest absolute Gasteiger partial charge is 0.511 e. The van der Waals surface area contributed by atoms with Gasteiger partial charge < -0.3 is 19.3 Å². The summed E-state index contributed by atoms with van der Waals surface area (Å²) in [7, 11) is -3.71. The molecule has 1 heterocycles.